The smallest absolute Gasteiger partial charge is 0.229 e. The van der Waals surface area contributed by atoms with Gasteiger partial charge in [-0.2, -0.15) is 4.98 Å². The van der Waals surface area contributed by atoms with E-state index in [1.807, 2.05) is 35.9 Å². The van der Waals surface area contributed by atoms with Crippen LogP contribution >= 0.6 is 0 Å². The van der Waals surface area contributed by atoms with Crippen LogP contribution < -0.4 is 19.9 Å². The summed E-state index contributed by atoms with van der Waals surface area (Å²) in [6.45, 7) is 10.6. The van der Waals surface area contributed by atoms with Gasteiger partial charge in [0, 0.05) is 57.4 Å². The first-order valence-corrected chi connectivity index (χ1v) is 12.6. The van der Waals surface area contributed by atoms with Gasteiger partial charge in [0.15, 0.2) is 5.82 Å². The highest BCUT2D eigenvalue weighted by atomic mass is 16.5. The van der Waals surface area contributed by atoms with Gasteiger partial charge in [-0.1, -0.05) is 13.5 Å². The number of anilines is 4. The molecule has 1 saturated heterocycles. The Balaban J connectivity index is 1.52. The molecule has 3 aromatic rings. The Kier molecular flexibility index (Phi) is 7.03. The molecular formula is C27H35N7O3. The lowest BCUT2D eigenvalue weighted by atomic mass is 10.0. The second-order valence-corrected chi connectivity index (χ2v) is 9.35. The minimum atomic E-state index is 0.122. The third-order valence-corrected chi connectivity index (χ3v) is 7.09. The lowest BCUT2D eigenvalue weighted by Gasteiger charge is -2.42. The predicted molar refractivity (Wildman–Crippen MR) is 144 cm³/mol. The highest BCUT2D eigenvalue weighted by molar-refractivity contribution is 5.79. The molecule has 0 radical (unpaired) electrons. The monoisotopic (exact) mass is 505 g/mol. The molecule has 0 amide bonds. The number of imidazole rings is 1. The number of hydrogen-bond acceptors (Lipinski definition) is 9. The molecule has 2 aliphatic rings. The maximum Gasteiger partial charge on any atom is 0.229 e. The fourth-order valence-corrected chi connectivity index (χ4v) is 5.20. The molecule has 2 unspecified atom stereocenters. The van der Waals surface area contributed by atoms with Crippen LogP contribution in [0.4, 0.5) is 23.1 Å². The van der Waals surface area contributed by atoms with Crippen LogP contribution in [0.3, 0.4) is 0 Å². The van der Waals surface area contributed by atoms with Gasteiger partial charge in [0.05, 0.1) is 49.3 Å². The molecule has 0 aliphatic carbocycles. The molecule has 1 N–H and O–H groups in total. The van der Waals surface area contributed by atoms with E-state index in [0.717, 1.165) is 65.1 Å². The van der Waals surface area contributed by atoms with E-state index >= 15 is 0 Å². The van der Waals surface area contributed by atoms with Crippen molar-refractivity contribution in [3.8, 4) is 11.4 Å². The van der Waals surface area contributed by atoms with Gasteiger partial charge in [0.2, 0.25) is 5.95 Å². The van der Waals surface area contributed by atoms with E-state index in [-0.39, 0.29) is 12.1 Å². The number of hydrogen-bond donors (Lipinski definition) is 1. The minimum Gasteiger partial charge on any atom is -0.494 e. The zero-order valence-corrected chi connectivity index (χ0v) is 22.2. The second kappa shape index (κ2) is 10.4. The second-order valence-electron chi connectivity index (χ2n) is 9.35. The first-order chi connectivity index (χ1) is 18.0. The molecule has 1 aromatic carbocycles. The summed E-state index contributed by atoms with van der Waals surface area (Å²) in [6.07, 6.45) is 5.50. The first-order valence-electron chi connectivity index (χ1n) is 12.6. The van der Waals surface area contributed by atoms with Crippen molar-refractivity contribution in [3.05, 3.63) is 54.4 Å². The topological polar surface area (TPSA) is 89.8 Å². The minimum absolute atomic E-state index is 0.122. The Morgan fingerprint density at radius 2 is 2.03 bits per heavy atom. The standard InChI is InChI=1S/C27H35N7O3/c1-7-21-25-26(34-15-20(36-5)13-23(34)18(3)33(25)10-11-35-4)31-27(30-21)29-19-8-9-22(24(12-19)37-6)32-14-17(2)28-16-32/h8-9,12,14,16,20,23H,3,7,10-11,13,15H2,1-2,4-6H3,(H,29,30,31). The van der Waals surface area contributed by atoms with Gasteiger partial charge < -0.3 is 33.9 Å². The van der Waals surface area contributed by atoms with E-state index < -0.39 is 0 Å². The number of methoxy groups -OCH3 is 3. The predicted octanol–water partition coefficient (Wildman–Crippen LogP) is 3.86. The van der Waals surface area contributed by atoms with Crippen LogP contribution in [0.5, 0.6) is 5.75 Å². The molecule has 0 saturated carbocycles. The Labute approximate surface area is 217 Å². The van der Waals surface area contributed by atoms with Crippen LogP contribution in [0.1, 0.15) is 24.7 Å². The Hall–Kier alpha value is -3.63. The molecule has 0 spiro atoms. The largest absolute Gasteiger partial charge is 0.494 e. The van der Waals surface area contributed by atoms with Crippen LogP contribution in [0.25, 0.3) is 5.69 Å². The van der Waals surface area contributed by atoms with Gasteiger partial charge in [-0.25, -0.2) is 9.97 Å². The zero-order valence-electron chi connectivity index (χ0n) is 22.2. The normalized spacial score (nSPS) is 18.7. The lowest BCUT2D eigenvalue weighted by Crippen LogP contribution is -2.45. The van der Waals surface area contributed by atoms with Gasteiger partial charge in [-0.05, 0) is 25.5 Å². The molecule has 10 heteroatoms. The molecule has 1 fully saturated rings. The highest BCUT2D eigenvalue weighted by Crippen LogP contribution is 2.45. The van der Waals surface area contributed by atoms with Crippen molar-refractivity contribution >= 4 is 23.1 Å². The average Bonchev–Trinajstić information content (AvgIpc) is 3.55. The van der Waals surface area contributed by atoms with E-state index in [0.29, 0.717) is 19.1 Å². The van der Waals surface area contributed by atoms with Gasteiger partial charge in [0.25, 0.3) is 0 Å². The van der Waals surface area contributed by atoms with Crippen LogP contribution in [0, 0.1) is 6.92 Å². The summed E-state index contributed by atoms with van der Waals surface area (Å²) in [5.41, 5.74) is 5.69. The molecule has 196 valence electrons. The molecule has 10 nitrogen and oxygen atoms in total. The number of aryl methyl sites for hydroxylation is 2. The Morgan fingerprint density at radius 1 is 1.19 bits per heavy atom. The lowest BCUT2D eigenvalue weighted by molar-refractivity contribution is 0.119. The summed E-state index contributed by atoms with van der Waals surface area (Å²) >= 11 is 0. The van der Waals surface area contributed by atoms with Crippen LogP contribution in [-0.4, -0.2) is 72.7 Å². The molecule has 4 heterocycles. The molecule has 0 bridgehead atoms. The number of nitrogens with zero attached hydrogens (tertiary/aromatic N) is 6. The molecule has 5 rings (SSSR count). The van der Waals surface area contributed by atoms with Crippen molar-refractivity contribution in [2.24, 2.45) is 0 Å². The molecule has 2 atom stereocenters. The van der Waals surface area contributed by atoms with Crippen molar-refractivity contribution in [3.63, 3.8) is 0 Å². The van der Waals surface area contributed by atoms with Gasteiger partial charge in [-0.3, -0.25) is 0 Å². The summed E-state index contributed by atoms with van der Waals surface area (Å²) in [5.74, 6) is 2.17. The quantitative estimate of drug-likeness (QED) is 0.466. The summed E-state index contributed by atoms with van der Waals surface area (Å²) in [4.78, 5) is 18.8. The number of ether oxygens (including phenoxy) is 3. The van der Waals surface area contributed by atoms with E-state index in [2.05, 4.69) is 33.6 Å². The van der Waals surface area contributed by atoms with Gasteiger partial charge in [-0.15, -0.1) is 0 Å². The third-order valence-electron chi connectivity index (χ3n) is 7.09. The molecule has 37 heavy (non-hydrogen) atoms. The molecular weight excluding hydrogens is 470 g/mol. The van der Waals surface area contributed by atoms with Crippen LogP contribution in [0.15, 0.2) is 43.0 Å². The molecule has 2 aromatic heterocycles. The number of fused-ring (bicyclic) bond motifs is 3. The van der Waals surface area contributed by atoms with E-state index in [4.69, 9.17) is 24.2 Å². The van der Waals surface area contributed by atoms with E-state index in [9.17, 15) is 0 Å². The average molecular weight is 506 g/mol. The van der Waals surface area contributed by atoms with Crippen molar-refractivity contribution in [2.75, 3.05) is 56.1 Å². The summed E-state index contributed by atoms with van der Waals surface area (Å²) in [5, 5.41) is 3.41. The summed E-state index contributed by atoms with van der Waals surface area (Å²) in [7, 11) is 5.15. The van der Waals surface area contributed by atoms with Crippen LogP contribution in [-0.2, 0) is 15.9 Å². The molecule has 2 aliphatic heterocycles. The van der Waals surface area contributed by atoms with Crippen molar-refractivity contribution in [2.45, 2.75) is 38.8 Å². The maximum atomic E-state index is 5.73. The van der Waals surface area contributed by atoms with Crippen molar-refractivity contribution in [1.29, 1.82) is 0 Å². The first kappa shape index (κ1) is 25.0. The Bertz CT molecular complexity index is 1290. The number of benzene rings is 1. The number of nitrogens with one attached hydrogen (secondary N) is 1. The fraction of sp³-hybridized carbons (Fsp3) is 0.444. The SMILES string of the molecule is C=C1C2CC(OC)CN2c2nc(Nc3ccc(-n4cnc(C)c4)c(OC)c3)nc(CC)c2N1CCOC. The summed E-state index contributed by atoms with van der Waals surface area (Å²) < 4.78 is 18.8. The van der Waals surface area contributed by atoms with Crippen molar-refractivity contribution in [1.82, 2.24) is 19.5 Å². The zero-order chi connectivity index (χ0) is 26.1. The highest BCUT2D eigenvalue weighted by Gasteiger charge is 2.43. The van der Waals surface area contributed by atoms with E-state index in [1.54, 1.807) is 27.7 Å². The number of rotatable bonds is 9. The van der Waals surface area contributed by atoms with Gasteiger partial charge >= 0.3 is 0 Å². The van der Waals surface area contributed by atoms with E-state index in [1.165, 1.54) is 0 Å². The van der Waals surface area contributed by atoms with Gasteiger partial charge in [0.1, 0.15) is 11.4 Å². The summed E-state index contributed by atoms with van der Waals surface area (Å²) in [6, 6.07) is 6.07. The van der Waals surface area contributed by atoms with Crippen LogP contribution in [0.2, 0.25) is 0 Å². The third kappa shape index (κ3) is 4.62. The van der Waals surface area contributed by atoms with Crippen molar-refractivity contribution < 1.29 is 14.2 Å². The maximum absolute atomic E-state index is 5.73. The fourth-order valence-electron chi connectivity index (χ4n) is 5.20. The number of aromatic nitrogens is 4. The Morgan fingerprint density at radius 3 is 2.70 bits per heavy atom.